The number of aryl methyl sites for hydroxylation is 1. The van der Waals surface area contributed by atoms with Crippen LogP contribution >= 0.6 is 12.4 Å². The molecule has 0 radical (unpaired) electrons. The Hall–Kier alpha value is -1.99. The number of carbonyl (C=O) groups excluding carboxylic acids is 1. The molecule has 1 atom stereocenters. The number of aromatic nitrogens is 2. The molecule has 1 amide bonds. The Morgan fingerprint density at radius 2 is 2.07 bits per heavy atom. The molecule has 1 aromatic heterocycles. The fourth-order valence-electron chi connectivity index (χ4n) is 4.19. The van der Waals surface area contributed by atoms with E-state index < -0.39 is 17.2 Å². The number of benzene rings is 1. The van der Waals surface area contributed by atoms with E-state index in [1.165, 1.54) is 6.07 Å². The van der Waals surface area contributed by atoms with Crippen LogP contribution in [0.2, 0.25) is 0 Å². The van der Waals surface area contributed by atoms with Crippen molar-refractivity contribution in [2.75, 3.05) is 19.6 Å². The van der Waals surface area contributed by atoms with Crippen LogP contribution in [0.4, 0.5) is 4.39 Å². The Balaban J connectivity index is 0.00000210. The third-order valence-electron chi connectivity index (χ3n) is 5.56. The standard InChI is InChI=1S/C19H23FN4O2.ClH/c1-2-8-24-15-5-3-4-13(20)16(15)18(25)17(22-24)19(26)21-14-11-23-9-6-12(14)7-10-23;/h3-5,12,14H,2,6-11H2,1H3,(H,21,26);1H. The third-order valence-corrected chi connectivity index (χ3v) is 5.56. The van der Waals surface area contributed by atoms with Crippen LogP contribution in [0.3, 0.4) is 0 Å². The fraction of sp³-hybridized carbons (Fsp3) is 0.526. The van der Waals surface area contributed by atoms with Crippen molar-refractivity contribution in [2.45, 2.75) is 38.8 Å². The molecule has 3 aliphatic rings. The summed E-state index contributed by atoms with van der Waals surface area (Å²) in [7, 11) is 0. The van der Waals surface area contributed by atoms with Crippen molar-refractivity contribution in [3.63, 3.8) is 0 Å². The van der Waals surface area contributed by atoms with Gasteiger partial charge in [-0.25, -0.2) is 4.39 Å². The van der Waals surface area contributed by atoms with Crippen LogP contribution < -0.4 is 10.7 Å². The van der Waals surface area contributed by atoms with Gasteiger partial charge in [-0.15, -0.1) is 12.4 Å². The smallest absolute Gasteiger partial charge is 0.276 e. The largest absolute Gasteiger partial charge is 0.346 e. The van der Waals surface area contributed by atoms with Crippen LogP contribution in [0.15, 0.2) is 23.0 Å². The average Bonchev–Trinajstić information content (AvgIpc) is 2.65. The maximum Gasteiger partial charge on any atom is 0.276 e. The van der Waals surface area contributed by atoms with Gasteiger partial charge in [-0.1, -0.05) is 13.0 Å². The van der Waals surface area contributed by atoms with Crippen LogP contribution in [-0.4, -0.2) is 46.3 Å². The molecule has 3 fully saturated rings. The Morgan fingerprint density at radius 1 is 1.33 bits per heavy atom. The molecule has 27 heavy (non-hydrogen) atoms. The fourth-order valence-corrected chi connectivity index (χ4v) is 4.19. The zero-order valence-electron chi connectivity index (χ0n) is 15.3. The van der Waals surface area contributed by atoms with Crippen LogP contribution in [0, 0.1) is 11.7 Å². The van der Waals surface area contributed by atoms with Crippen LogP contribution in [0.1, 0.15) is 36.7 Å². The van der Waals surface area contributed by atoms with Gasteiger partial charge in [0.1, 0.15) is 5.82 Å². The lowest BCUT2D eigenvalue weighted by Gasteiger charge is -2.44. The van der Waals surface area contributed by atoms with Gasteiger partial charge in [0.25, 0.3) is 5.91 Å². The summed E-state index contributed by atoms with van der Waals surface area (Å²) in [6, 6.07) is 4.49. The van der Waals surface area contributed by atoms with E-state index in [1.807, 2.05) is 6.92 Å². The highest BCUT2D eigenvalue weighted by Gasteiger charge is 2.35. The van der Waals surface area contributed by atoms with Crippen LogP contribution in [0.25, 0.3) is 10.9 Å². The Kier molecular flexibility index (Phi) is 5.81. The van der Waals surface area contributed by atoms with Crippen LogP contribution in [-0.2, 0) is 6.54 Å². The van der Waals surface area contributed by atoms with Gasteiger partial charge < -0.3 is 10.2 Å². The minimum absolute atomic E-state index is 0. The molecule has 3 saturated heterocycles. The molecular formula is C19H24ClFN4O2. The van der Waals surface area contributed by atoms with Crippen molar-refractivity contribution in [1.29, 1.82) is 0 Å². The Labute approximate surface area is 163 Å². The van der Waals surface area contributed by atoms with E-state index >= 15 is 0 Å². The molecule has 3 aliphatic heterocycles. The first-order chi connectivity index (χ1) is 12.6. The first kappa shape index (κ1) is 19.8. The van der Waals surface area contributed by atoms with Crippen molar-refractivity contribution >= 4 is 29.2 Å². The molecule has 0 spiro atoms. The van der Waals surface area contributed by atoms with E-state index in [2.05, 4.69) is 15.3 Å². The van der Waals surface area contributed by atoms with E-state index in [9.17, 15) is 14.0 Å². The lowest BCUT2D eigenvalue weighted by Crippen LogP contribution is -2.57. The van der Waals surface area contributed by atoms with Crippen molar-refractivity contribution in [2.24, 2.45) is 5.92 Å². The molecule has 8 heteroatoms. The molecule has 146 valence electrons. The normalized spacial score (nSPS) is 23.9. The summed E-state index contributed by atoms with van der Waals surface area (Å²) in [5.74, 6) is -0.667. The Bertz CT molecular complexity index is 908. The minimum Gasteiger partial charge on any atom is -0.346 e. The third kappa shape index (κ3) is 3.58. The van der Waals surface area contributed by atoms with Crippen molar-refractivity contribution in [1.82, 2.24) is 20.0 Å². The number of rotatable bonds is 4. The van der Waals surface area contributed by atoms with Gasteiger partial charge >= 0.3 is 0 Å². The van der Waals surface area contributed by atoms with Gasteiger partial charge in [0, 0.05) is 19.1 Å². The molecule has 1 aromatic carbocycles. The molecular weight excluding hydrogens is 371 g/mol. The second-order valence-electron chi connectivity index (χ2n) is 7.25. The molecule has 2 aromatic rings. The maximum atomic E-state index is 14.3. The predicted octanol–water partition coefficient (Wildman–Crippen LogP) is 2.19. The van der Waals surface area contributed by atoms with Crippen LogP contribution in [0.5, 0.6) is 0 Å². The van der Waals surface area contributed by atoms with Gasteiger partial charge in [-0.2, -0.15) is 5.10 Å². The summed E-state index contributed by atoms with van der Waals surface area (Å²) in [5.41, 5.74) is -0.423. The number of carbonyl (C=O) groups is 1. The number of amides is 1. The van der Waals surface area contributed by atoms with Gasteiger partial charge in [-0.3, -0.25) is 14.3 Å². The number of halogens is 2. The lowest BCUT2D eigenvalue weighted by atomic mass is 9.84. The molecule has 4 heterocycles. The molecule has 6 nitrogen and oxygen atoms in total. The highest BCUT2D eigenvalue weighted by Crippen LogP contribution is 2.27. The molecule has 1 unspecified atom stereocenters. The highest BCUT2D eigenvalue weighted by molar-refractivity contribution is 5.95. The SMILES string of the molecule is CCCn1nc(C(=O)NC2CN3CCC2CC3)c(=O)c2c(F)cccc21.Cl. The number of fused-ring (bicyclic) bond motifs is 4. The molecule has 2 bridgehead atoms. The number of hydrogen-bond donors (Lipinski definition) is 1. The van der Waals surface area contributed by atoms with E-state index in [0.717, 1.165) is 38.9 Å². The lowest BCUT2D eigenvalue weighted by molar-refractivity contribution is 0.0616. The summed E-state index contributed by atoms with van der Waals surface area (Å²) < 4.78 is 15.9. The van der Waals surface area contributed by atoms with E-state index in [4.69, 9.17) is 0 Å². The van der Waals surface area contributed by atoms with Gasteiger partial charge in [0.15, 0.2) is 5.69 Å². The first-order valence-electron chi connectivity index (χ1n) is 9.31. The number of piperidine rings is 3. The number of nitrogens with one attached hydrogen (secondary N) is 1. The van der Waals surface area contributed by atoms with Gasteiger partial charge in [-0.05, 0) is 50.4 Å². The van der Waals surface area contributed by atoms with Crippen molar-refractivity contribution in [3.05, 3.63) is 39.9 Å². The minimum atomic E-state index is -0.635. The van der Waals surface area contributed by atoms with Crippen molar-refractivity contribution < 1.29 is 9.18 Å². The summed E-state index contributed by atoms with van der Waals surface area (Å²) in [6.07, 6.45) is 2.89. The predicted molar refractivity (Wildman–Crippen MR) is 104 cm³/mol. The van der Waals surface area contributed by atoms with Crippen molar-refractivity contribution in [3.8, 4) is 0 Å². The summed E-state index contributed by atoms with van der Waals surface area (Å²) in [6.45, 7) is 5.43. The Morgan fingerprint density at radius 3 is 2.70 bits per heavy atom. The monoisotopic (exact) mass is 394 g/mol. The highest BCUT2D eigenvalue weighted by atomic mass is 35.5. The van der Waals surface area contributed by atoms with Gasteiger partial charge in [0.2, 0.25) is 5.43 Å². The first-order valence-corrected chi connectivity index (χ1v) is 9.31. The number of hydrogen-bond acceptors (Lipinski definition) is 4. The van der Waals surface area contributed by atoms with E-state index in [0.29, 0.717) is 18.0 Å². The molecule has 1 N–H and O–H groups in total. The quantitative estimate of drug-likeness (QED) is 0.863. The summed E-state index contributed by atoms with van der Waals surface area (Å²) >= 11 is 0. The van der Waals surface area contributed by atoms with E-state index in [1.54, 1.807) is 16.8 Å². The number of nitrogens with zero attached hydrogens (tertiary/aromatic N) is 3. The topological polar surface area (TPSA) is 67.2 Å². The van der Waals surface area contributed by atoms with Gasteiger partial charge in [0.05, 0.1) is 10.9 Å². The molecule has 0 saturated carbocycles. The van der Waals surface area contributed by atoms with E-state index in [-0.39, 0.29) is 29.5 Å². The second kappa shape index (κ2) is 7.94. The molecule has 5 rings (SSSR count). The zero-order chi connectivity index (χ0) is 18.3. The average molecular weight is 395 g/mol. The second-order valence-corrected chi connectivity index (χ2v) is 7.25. The summed E-state index contributed by atoms with van der Waals surface area (Å²) in [4.78, 5) is 27.9. The summed E-state index contributed by atoms with van der Waals surface area (Å²) in [5, 5.41) is 7.19. The maximum absolute atomic E-state index is 14.3. The molecule has 0 aliphatic carbocycles. The zero-order valence-corrected chi connectivity index (χ0v) is 16.1.